The number of ether oxygens (including phenoxy) is 1. The van der Waals surface area contributed by atoms with Gasteiger partial charge >= 0.3 is 5.69 Å². The van der Waals surface area contributed by atoms with E-state index in [4.69, 9.17) is 4.74 Å². The minimum absolute atomic E-state index is 0.0140. The van der Waals surface area contributed by atoms with Crippen molar-refractivity contribution >= 4 is 21.6 Å². The molecule has 0 unspecified atom stereocenters. The van der Waals surface area contributed by atoms with Crippen LogP contribution in [-0.2, 0) is 0 Å². The third-order valence-corrected chi connectivity index (χ3v) is 3.51. The van der Waals surface area contributed by atoms with Gasteiger partial charge in [-0.05, 0) is 52.0 Å². The van der Waals surface area contributed by atoms with E-state index in [-0.39, 0.29) is 11.6 Å². The van der Waals surface area contributed by atoms with E-state index in [0.717, 1.165) is 5.56 Å². The summed E-state index contributed by atoms with van der Waals surface area (Å²) in [6.45, 7) is 6.22. The molecule has 0 spiro atoms. The zero-order valence-corrected chi connectivity index (χ0v) is 13.5. The average molecular weight is 351 g/mol. The van der Waals surface area contributed by atoms with Gasteiger partial charge in [0.05, 0.1) is 4.92 Å². The van der Waals surface area contributed by atoms with Gasteiger partial charge < -0.3 is 4.74 Å². The fraction of sp³-hybridized carbons (Fsp3) is 0.267. The number of hydrogen-bond donors (Lipinski definition) is 0. The van der Waals surface area contributed by atoms with Gasteiger partial charge in [0.1, 0.15) is 5.75 Å². The van der Waals surface area contributed by atoms with E-state index in [1.165, 1.54) is 17.8 Å². The highest BCUT2D eigenvalue weighted by Crippen LogP contribution is 2.32. The number of nitrogens with zero attached hydrogens (tertiary/aromatic N) is 2. The first-order valence-corrected chi connectivity index (χ1v) is 7.26. The fourth-order valence-electron chi connectivity index (χ4n) is 2.10. The van der Waals surface area contributed by atoms with Crippen LogP contribution in [0.25, 0.3) is 0 Å². The lowest BCUT2D eigenvalue weighted by molar-refractivity contribution is -0.386. The number of benzene rings is 1. The molecule has 0 bridgehead atoms. The van der Waals surface area contributed by atoms with E-state index in [9.17, 15) is 10.1 Å². The number of nitro groups is 1. The normalized spacial score (nSPS) is 10.7. The van der Waals surface area contributed by atoms with Gasteiger partial charge in [-0.15, -0.1) is 0 Å². The van der Waals surface area contributed by atoms with Crippen LogP contribution in [0.5, 0.6) is 11.6 Å². The molecule has 2 rings (SSSR count). The fourth-order valence-corrected chi connectivity index (χ4v) is 2.42. The molecule has 6 heteroatoms. The van der Waals surface area contributed by atoms with Gasteiger partial charge in [-0.1, -0.05) is 19.9 Å². The monoisotopic (exact) mass is 350 g/mol. The first-order valence-electron chi connectivity index (χ1n) is 6.47. The summed E-state index contributed by atoms with van der Waals surface area (Å²) < 4.78 is 6.10. The molecule has 0 saturated carbocycles. The minimum Gasteiger partial charge on any atom is -0.434 e. The Morgan fingerprint density at radius 3 is 2.62 bits per heavy atom. The highest BCUT2D eigenvalue weighted by Gasteiger charge is 2.18. The Morgan fingerprint density at radius 1 is 1.33 bits per heavy atom. The summed E-state index contributed by atoms with van der Waals surface area (Å²) in [5, 5.41) is 11.0. The summed E-state index contributed by atoms with van der Waals surface area (Å²) >= 11 is 3.16. The molecule has 0 aliphatic carbocycles. The van der Waals surface area contributed by atoms with Crippen LogP contribution in [0.1, 0.15) is 30.9 Å². The smallest absolute Gasteiger partial charge is 0.332 e. The Hall–Kier alpha value is -1.95. The van der Waals surface area contributed by atoms with Gasteiger partial charge in [0.25, 0.3) is 5.88 Å². The van der Waals surface area contributed by atoms with Crippen molar-refractivity contribution in [2.45, 2.75) is 26.7 Å². The minimum atomic E-state index is -0.511. The lowest BCUT2D eigenvalue weighted by Crippen LogP contribution is -1.97. The quantitative estimate of drug-likeness (QED) is 0.576. The summed E-state index contributed by atoms with van der Waals surface area (Å²) in [6.07, 6.45) is 1.47. The Morgan fingerprint density at radius 2 is 2.05 bits per heavy atom. The maximum atomic E-state index is 11.0. The van der Waals surface area contributed by atoms with Crippen LogP contribution in [0.2, 0.25) is 0 Å². The topological polar surface area (TPSA) is 65.3 Å². The highest BCUT2D eigenvalue weighted by molar-refractivity contribution is 9.10. The maximum absolute atomic E-state index is 11.0. The van der Waals surface area contributed by atoms with E-state index in [1.54, 1.807) is 6.07 Å². The zero-order valence-electron chi connectivity index (χ0n) is 12.0. The number of aromatic nitrogens is 1. The SMILES string of the molecule is Cc1cc(Oc2ncc(Br)cc2[N+](=O)[O-])ccc1C(C)C. The molecule has 0 amide bonds. The van der Waals surface area contributed by atoms with Gasteiger partial charge in [-0.3, -0.25) is 10.1 Å². The Kier molecular flexibility index (Phi) is 4.57. The molecule has 1 aromatic carbocycles. The molecule has 0 atom stereocenters. The molecule has 0 aliphatic heterocycles. The van der Waals surface area contributed by atoms with E-state index in [0.29, 0.717) is 16.1 Å². The number of rotatable bonds is 4. The largest absolute Gasteiger partial charge is 0.434 e. The first kappa shape index (κ1) is 15.4. The Labute approximate surface area is 131 Å². The lowest BCUT2D eigenvalue weighted by Gasteiger charge is -2.12. The lowest BCUT2D eigenvalue weighted by atomic mass is 9.98. The summed E-state index contributed by atoms with van der Waals surface area (Å²) in [7, 11) is 0. The molecule has 1 aromatic heterocycles. The van der Waals surface area contributed by atoms with Crippen molar-refractivity contribution in [2.75, 3.05) is 0 Å². The molecular formula is C15H15BrN2O3. The molecule has 1 heterocycles. The van der Waals surface area contributed by atoms with Crippen molar-refractivity contribution in [1.82, 2.24) is 4.98 Å². The third-order valence-electron chi connectivity index (χ3n) is 3.07. The van der Waals surface area contributed by atoms with Crippen molar-refractivity contribution in [3.05, 3.63) is 56.2 Å². The van der Waals surface area contributed by atoms with E-state index in [1.807, 2.05) is 19.1 Å². The summed E-state index contributed by atoms with van der Waals surface area (Å²) in [4.78, 5) is 14.5. The highest BCUT2D eigenvalue weighted by atomic mass is 79.9. The number of aryl methyl sites for hydroxylation is 1. The molecule has 0 N–H and O–H groups in total. The average Bonchev–Trinajstić information content (AvgIpc) is 2.40. The molecule has 2 aromatic rings. The van der Waals surface area contributed by atoms with Crippen LogP contribution >= 0.6 is 15.9 Å². The first-order chi connectivity index (χ1) is 9.88. The van der Waals surface area contributed by atoms with Crippen LogP contribution in [-0.4, -0.2) is 9.91 Å². The number of halogens is 1. The van der Waals surface area contributed by atoms with Crippen molar-refractivity contribution in [2.24, 2.45) is 0 Å². The van der Waals surface area contributed by atoms with E-state index in [2.05, 4.69) is 34.8 Å². The summed E-state index contributed by atoms with van der Waals surface area (Å²) in [5.74, 6) is 0.939. The molecule has 21 heavy (non-hydrogen) atoms. The van der Waals surface area contributed by atoms with Crippen LogP contribution in [0.4, 0.5) is 5.69 Å². The maximum Gasteiger partial charge on any atom is 0.332 e. The van der Waals surface area contributed by atoms with Crippen molar-refractivity contribution in [3.8, 4) is 11.6 Å². The molecule has 0 aliphatic rings. The van der Waals surface area contributed by atoms with Gasteiger partial charge in [0.2, 0.25) is 0 Å². The Balaban J connectivity index is 2.35. The van der Waals surface area contributed by atoms with Gasteiger partial charge in [-0.25, -0.2) is 4.98 Å². The Bertz CT molecular complexity index is 687. The molecule has 0 saturated heterocycles. The van der Waals surface area contributed by atoms with E-state index < -0.39 is 4.92 Å². The van der Waals surface area contributed by atoms with Crippen molar-refractivity contribution in [3.63, 3.8) is 0 Å². The summed E-state index contributed by atoms with van der Waals surface area (Å²) in [6, 6.07) is 7.01. The second kappa shape index (κ2) is 6.22. The molecule has 0 fully saturated rings. The predicted octanol–water partition coefficient (Wildman–Crippen LogP) is 4.98. The number of hydrogen-bond acceptors (Lipinski definition) is 4. The standard InChI is InChI=1S/C15H15BrN2O3/c1-9(2)13-5-4-12(6-10(13)3)21-15-14(18(19)20)7-11(16)8-17-15/h4-9H,1-3H3. The zero-order chi connectivity index (χ0) is 15.6. The molecule has 5 nitrogen and oxygen atoms in total. The third kappa shape index (κ3) is 3.58. The van der Waals surface area contributed by atoms with Gasteiger partial charge in [0.15, 0.2) is 0 Å². The van der Waals surface area contributed by atoms with Crippen molar-refractivity contribution < 1.29 is 9.66 Å². The van der Waals surface area contributed by atoms with Crippen molar-refractivity contribution in [1.29, 1.82) is 0 Å². The second-order valence-corrected chi connectivity index (χ2v) is 5.93. The molecule has 110 valence electrons. The molecular weight excluding hydrogens is 336 g/mol. The van der Waals surface area contributed by atoms with Gasteiger partial charge in [-0.2, -0.15) is 0 Å². The predicted molar refractivity (Wildman–Crippen MR) is 83.9 cm³/mol. The van der Waals surface area contributed by atoms with Crippen LogP contribution in [0, 0.1) is 17.0 Å². The van der Waals surface area contributed by atoms with Crippen LogP contribution < -0.4 is 4.74 Å². The van der Waals surface area contributed by atoms with Crippen LogP contribution in [0.15, 0.2) is 34.9 Å². The molecule has 0 radical (unpaired) electrons. The van der Waals surface area contributed by atoms with Gasteiger partial charge in [0, 0.05) is 16.7 Å². The second-order valence-electron chi connectivity index (χ2n) is 5.01. The van der Waals surface area contributed by atoms with E-state index >= 15 is 0 Å². The summed E-state index contributed by atoms with van der Waals surface area (Å²) in [5.41, 5.74) is 2.14. The number of pyridine rings is 1. The van der Waals surface area contributed by atoms with Crippen LogP contribution in [0.3, 0.4) is 0 Å².